The van der Waals surface area contributed by atoms with Crippen molar-refractivity contribution in [3.05, 3.63) is 34.9 Å². The predicted molar refractivity (Wildman–Crippen MR) is 113 cm³/mol. The Morgan fingerprint density at radius 3 is 2.85 bits per heavy atom. The van der Waals surface area contributed by atoms with Crippen molar-refractivity contribution in [2.24, 2.45) is 10.9 Å². The molecule has 5 nitrogen and oxygen atoms in total. The molecule has 27 heavy (non-hydrogen) atoms. The van der Waals surface area contributed by atoms with Crippen molar-refractivity contribution < 1.29 is 9.47 Å². The Bertz CT molecular complexity index is 587. The van der Waals surface area contributed by atoms with Crippen LogP contribution in [0.5, 0.6) is 0 Å². The van der Waals surface area contributed by atoms with E-state index in [1.54, 1.807) is 0 Å². The van der Waals surface area contributed by atoms with E-state index in [9.17, 15) is 0 Å². The lowest BCUT2D eigenvalue weighted by Crippen LogP contribution is -2.39. The summed E-state index contributed by atoms with van der Waals surface area (Å²) in [7, 11) is 0. The summed E-state index contributed by atoms with van der Waals surface area (Å²) < 4.78 is 11.1. The number of hydrogen-bond acceptors (Lipinski definition) is 3. The second-order valence-electron chi connectivity index (χ2n) is 7.64. The van der Waals surface area contributed by atoms with Crippen LogP contribution in [0.2, 0.25) is 5.02 Å². The zero-order chi connectivity index (χ0) is 19.5. The highest BCUT2D eigenvalue weighted by Gasteiger charge is 2.23. The molecule has 0 aromatic heterocycles. The Balaban J connectivity index is 1.75. The maximum Gasteiger partial charge on any atom is 0.191 e. The SMILES string of the molecule is CCNC(=NCC(C)(C)c1ccccc1Cl)NCCCOCC1CCOC1. The second kappa shape index (κ2) is 11.5. The molecule has 0 bridgehead atoms. The molecule has 1 aromatic carbocycles. The van der Waals surface area contributed by atoms with E-state index >= 15 is 0 Å². The number of guanidine groups is 1. The fourth-order valence-electron chi connectivity index (χ4n) is 3.06. The predicted octanol–water partition coefficient (Wildman–Crippen LogP) is 3.62. The van der Waals surface area contributed by atoms with Crippen LogP contribution in [0.15, 0.2) is 29.3 Å². The van der Waals surface area contributed by atoms with E-state index in [-0.39, 0.29) is 5.41 Å². The molecule has 1 aromatic rings. The topological polar surface area (TPSA) is 54.9 Å². The smallest absolute Gasteiger partial charge is 0.191 e. The molecular weight excluding hydrogens is 362 g/mol. The lowest BCUT2D eigenvalue weighted by atomic mass is 9.85. The summed E-state index contributed by atoms with van der Waals surface area (Å²) in [6.07, 6.45) is 2.07. The Kier molecular flexibility index (Phi) is 9.39. The molecule has 2 N–H and O–H groups in total. The average Bonchev–Trinajstić information content (AvgIpc) is 3.16. The average molecular weight is 396 g/mol. The van der Waals surface area contributed by atoms with Crippen LogP contribution in [0.1, 0.15) is 39.2 Å². The van der Waals surface area contributed by atoms with Gasteiger partial charge >= 0.3 is 0 Å². The molecule has 0 amide bonds. The Hall–Kier alpha value is -1.30. The van der Waals surface area contributed by atoms with E-state index in [1.807, 2.05) is 18.2 Å². The molecule has 1 fully saturated rings. The van der Waals surface area contributed by atoms with Gasteiger partial charge in [0.25, 0.3) is 0 Å². The molecular formula is C21H34ClN3O2. The highest BCUT2D eigenvalue weighted by atomic mass is 35.5. The third kappa shape index (κ3) is 7.68. The highest BCUT2D eigenvalue weighted by molar-refractivity contribution is 6.31. The molecule has 1 saturated heterocycles. The molecule has 1 heterocycles. The molecule has 1 atom stereocenters. The van der Waals surface area contributed by atoms with Gasteiger partial charge in [-0.25, -0.2) is 0 Å². The number of nitrogens with zero attached hydrogens (tertiary/aromatic N) is 1. The highest BCUT2D eigenvalue weighted by Crippen LogP contribution is 2.29. The standard InChI is InChI=1S/C21H34ClN3O2/c1-4-23-20(24-11-7-12-26-14-17-10-13-27-15-17)25-16-21(2,3)18-8-5-6-9-19(18)22/h5-6,8-9,17H,4,7,10-16H2,1-3H3,(H2,23,24,25). The van der Waals surface area contributed by atoms with Crippen LogP contribution >= 0.6 is 11.6 Å². The third-order valence-corrected chi connectivity index (χ3v) is 5.04. The minimum absolute atomic E-state index is 0.132. The lowest BCUT2D eigenvalue weighted by Gasteiger charge is -2.25. The van der Waals surface area contributed by atoms with E-state index in [2.05, 4.69) is 37.5 Å². The number of nitrogens with one attached hydrogen (secondary N) is 2. The molecule has 1 unspecified atom stereocenters. The zero-order valence-corrected chi connectivity index (χ0v) is 17.6. The fraction of sp³-hybridized carbons (Fsp3) is 0.667. The van der Waals surface area contributed by atoms with Gasteiger partial charge in [-0.2, -0.15) is 0 Å². The van der Waals surface area contributed by atoms with E-state index in [1.165, 1.54) is 0 Å². The van der Waals surface area contributed by atoms with Gasteiger partial charge in [0.1, 0.15) is 0 Å². The van der Waals surface area contributed by atoms with Crippen molar-refractivity contribution in [1.29, 1.82) is 0 Å². The maximum atomic E-state index is 6.36. The summed E-state index contributed by atoms with van der Waals surface area (Å²) in [6, 6.07) is 7.99. The van der Waals surface area contributed by atoms with Crippen LogP contribution < -0.4 is 10.6 Å². The lowest BCUT2D eigenvalue weighted by molar-refractivity contribution is 0.0888. The number of aliphatic imine (C=N–C) groups is 1. The molecule has 152 valence electrons. The summed E-state index contributed by atoms with van der Waals surface area (Å²) in [5.41, 5.74) is 0.989. The molecule has 0 spiro atoms. The maximum absolute atomic E-state index is 6.36. The molecule has 0 saturated carbocycles. The minimum atomic E-state index is -0.132. The second-order valence-corrected chi connectivity index (χ2v) is 8.05. The van der Waals surface area contributed by atoms with Gasteiger partial charge in [0.2, 0.25) is 0 Å². The quantitative estimate of drug-likeness (QED) is 0.361. The van der Waals surface area contributed by atoms with Crippen LogP contribution in [0.3, 0.4) is 0 Å². The summed E-state index contributed by atoms with van der Waals surface area (Å²) in [6.45, 7) is 12.0. The van der Waals surface area contributed by atoms with E-state index in [0.29, 0.717) is 12.5 Å². The summed E-state index contributed by atoms with van der Waals surface area (Å²) in [5.74, 6) is 1.41. The van der Waals surface area contributed by atoms with Crippen LogP contribution in [0.25, 0.3) is 0 Å². The first kappa shape index (κ1) is 22.0. The first-order chi connectivity index (χ1) is 13.0. The normalized spacial score (nSPS) is 17.9. The molecule has 1 aliphatic rings. The van der Waals surface area contributed by atoms with Gasteiger partial charge in [-0.1, -0.05) is 43.6 Å². The number of halogens is 1. The summed E-state index contributed by atoms with van der Waals surface area (Å²) in [5, 5.41) is 7.49. The summed E-state index contributed by atoms with van der Waals surface area (Å²) >= 11 is 6.36. The fourth-order valence-corrected chi connectivity index (χ4v) is 3.45. The van der Waals surface area contributed by atoms with Crippen LogP contribution in [0, 0.1) is 5.92 Å². The van der Waals surface area contributed by atoms with Gasteiger partial charge in [-0.05, 0) is 31.4 Å². The number of rotatable bonds is 10. The molecule has 6 heteroatoms. The van der Waals surface area contributed by atoms with Crippen molar-refractivity contribution in [1.82, 2.24) is 10.6 Å². The first-order valence-corrected chi connectivity index (χ1v) is 10.3. The van der Waals surface area contributed by atoms with Gasteiger partial charge in [0.15, 0.2) is 5.96 Å². The van der Waals surface area contributed by atoms with Crippen LogP contribution in [0.4, 0.5) is 0 Å². The number of ether oxygens (including phenoxy) is 2. The van der Waals surface area contributed by atoms with Crippen molar-refractivity contribution in [3.63, 3.8) is 0 Å². The van der Waals surface area contributed by atoms with Gasteiger partial charge in [-0.3, -0.25) is 4.99 Å². The van der Waals surface area contributed by atoms with Crippen molar-refractivity contribution >= 4 is 17.6 Å². The van der Waals surface area contributed by atoms with Gasteiger partial charge in [0.05, 0.1) is 19.8 Å². The number of benzene rings is 1. The van der Waals surface area contributed by atoms with Gasteiger partial charge in [-0.15, -0.1) is 0 Å². The number of hydrogen-bond donors (Lipinski definition) is 2. The minimum Gasteiger partial charge on any atom is -0.381 e. The Labute approximate surface area is 168 Å². The van der Waals surface area contributed by atoms with Crippen molar-refractivity contribution in [3.8, 4) is 0 Å². The van der Waals surface area contributed by atoms with Crippen LogP contribution in [-0.2, 0) is 14.9 Å². The van der Waals surface area contributed by atoms with E-state index in [4.69, 9.17) is 26.1 Å². The first-order valence-electron chi connectivity index (χ1n) is 9.95. The molecule has 1 aliphatic heterocycles. The Morgan fingerprint density at radius 2 is 2.15 bits per heavy atom. The third-order valence-electron chi connectivity index (χ3n) is 4.72. The van der Waals surface area contributed by atoms with Crippen molar-refractivity contribution in [2.75, 3.05) is 46.1 Å². The Morgan fingerprint density at radius 1 is 1.33 bits per heavy atom. The van der Waals surface area contributed by atoms with Crippen molar-refractivity contribution in [2.45, 2.75) is 39.0 Å². The molecule has 0 aliphatic carbocycles. The largest absolute Gasteiger partial charge is 0.381 e. The van der Waals surface area contributed by atoms with Crippen LogP contribution in [-0.4, -0.2) is 52.0 Å². The zero-order valence-electron chi connectivity index (χ0n) is 16.9. The van der Waals surface area contributed by atoms with Gasteiger partial charge in [0, 0.05) is 42.7 Å². The monoisotopic (exact) mass is 395 g/mol. The molecule has 0 radical (unpaired) electrons. The van der Waals surface area contributed by atoms with Gasteiger partial charge < -0.3 is 20.1 Å². The van der Waals surface area contributed by atoms with E-state index in [0.717, 1.165) is 68.9 Å². The van der Waals surface area contributed by atoms with E-state index < -0.39 is 0 Å². The summed E-state index contributed by atoms with van der Waals surface area (Å²) in [4.78, 5) is 4.76. The molecule has 2 rings (SSSR count).